The Balaban J connectivity index is 2.12. The molecule has 0 spiro atoms. The smallest absolute Gasteiger partial charge is 0.443 e. The number of nitrogens with one attached hydrogen (secondary N) is 1. The summed E-state index contributed by atoms with van der Waals surface area (Å²) in [6.07, 6.45) is -3.22. The predicted octanol–water partition coefficient (Wildman–Crippen LogP) is 3.92. The summed E-state index contributed by atoms with van der Waals surface area (Å²) in [5.74, 6) is 1.10. The summed E-state index contributed by atoms with van der Waals surface area (Å²) in [4.78, 5) is 3.74. The third-order valence-corrected chi connectivity index (χ3v) is 3.39. The molecule has 0 aliphatic heterocycles. The van der Waals surface area contributed by atoms with Crippen LogP contribution in [-0.4, -0.2) is 11.0 Å². The van der Waals surface area contributed by atoms with Crippen LogP contribution in [-0.2, 0) is 12.7 Å². The van der Waals surface area contributed by atoms with Crippen LogP contribution in [0.2, 0.25) is 0 Å². The van der Waals surface area contributed by atoms with Crippen molar-refractivity contribution in [2.75, 3.05) is 0 Å². The van der Waals surface area contributed by atoms with Crippen LogP contribution in [0.5, 0.6) is 0 Å². The van der Waals surface area contributed by atoms with Crippen LogP contribution in [0.3, 0.4) is 0 Å². The summed E-state index contributed by atoms with van der Waals surface area (Å²) >= 11 is 0.580. The Morgan fingerprint density at radius 3 is 2.68 bits per heavy atom. The predicted molar refractivity (Wildman–Crippen MR) is 66.8 cm³/mol. The van der Waals surface area contributed by atoms with Crippen molar-refractivity contribution in [3.05, 3.63) is 29.1 Å². The molecule has 2 aromatic heterocycles. The molecule has 0 amide bonds. The van der Waals surface area contributed by atoms with Gasteiger partial charge in [-0.3, -0.25) is 0 Å². The fourth-order valence-corrected chi connectivity index (χ4v) is 2.17. The molecule has 2 heterocycles. The fourth-order valence-electron chi connectivity index (χ4n) is 1.43. The van der Waals surface area contributed by atoms with E-state index >= 15 is 0 Å². The number of rotatable bonds is 4. The molecule has 104 valence electrons. The van der Waals surface area contributed by atoms with Gasteiger partial charge < -0.3 is 9.73 Å². The topological polar surface area (TPSA) is 38.1 Å². The maximum atomic E-state index is 12.4. The van der Waals surface area contributed by atoms with E-state index in [1.165, 1.54) is 6.20 Å². The van der Waals surface area contributed by atoms with Crippen molar-refractivity contribution in [3.63, 3.8) is 0 Å². The molecule has 0 aliphatic carbocycles. The first-order valence-corrected chi connectivity index (χ1v) is 6.53. The first kappa shape index (κ1) is 14.1. The molecular weight excluding hydrogens is 277 g/mol. The lowest BCUT2D eigenvalue weighted by Gasteiger charge is -2.04. The zero-order valence-corrected chi connectivity index (χ0v) is 11.2. The van der Waals surface area contributed by atoms with Gasteiger partial charge in [-0.15, -0.1) is 11.3 Å². The Morgan fingerprint density at radius 1 is 1.37 bits per heavy atom. The lowest BCUT2D eigenvalue weighted by molar-refractivity contribution is -0.137. The number of furan rings is 1. The second kappa shape index (κ2) is 5.34. The molecule has 0 saturated carbocycles. The Bertz CT molecular complexity index is 545. The monoisotopic (exact) mass is 290 g/mol. The molecular formula is C12H13F3N2OS. The van der Waals surface area contributed by atoms with Crippen LogP contribution in [0.15, 0.2) is 22.7 Å². The highest BCUT2D eigenvalue weighted by Crippen LogP contribution is 2.36. The van der Waals surface area contributed by atoms with E-state index < -0.39 is 11.2 Å². The molecule has 0 aliphatic rings. The van der Waals surface area contributed by atoms with Crippen LogP contribution < -0.4 is 5.32 Å². The van der Waals surface area contributed by atoms with Gasteiger partial charge in [-0.1, -0.05) is 13.8 Å². The maximum Gasteiger partial charge on any atom is 0.443 e. The summed E-state index contributed by atoms with van der Waals surface area (Å²) in [5.41, 5.74) is 0. The Morgan fingerprint density at radius 2 is 2.11 bits per heavy atom. The number of halogens is 3. The molecule has 2 aromatic rings. The van der Waals surface area contributed by atoms with Crippen molar-refractivity contribution in [1.29, 1.82) is 0 Å². The molecule has 2 rings (SSSR count). The first-order chi connectivity index (χ1) is 8.86. The lowest BCUT2D eigenvalue weighted by atomic mass is 10.3. The molecule has 0 fully saturated rings. The number of hydrogen-bond acceptors (Lipinski definition) is 4. The average molecular weight is 290 g/mol. The van der Waals surface area contributed by atoms with Crippen LogP contribution in [0.1, 0.15) is 24.6 Å². The van der Waals surface area contributed by atoms with Gasteiger partial charge in [0.1, 0.15) is 11.5 Å². The van der Waals surface area contributed by atoms with Gasteiger partial charge >= 0.3 is 6.18 Å². The fraction of sp³-hybridized carbons (Fsp3) is 0.417. The molecule has 0 aromatic carbocycles. The molecule has 19 heavy (non-hydrogen) atoms. The standard InChI is InChI=1S/C12H13F3N2OS/c1-7(2)16-5-8-3-4-9(18-8)10-6-17-11(19-10)12(13,14)15/h3-4,6-7,16H,5H2,1-2H3. The van der Waals surface area contributed by atoms with E-state index in [1.54, 1.807) is 12.1 Å². The van der Waals surface area contributed by atoms with Gasteiger partial charge in [0, 0.05) is 12.2 Å². The molecule has 0 atom stereocenters. The van der Waals surface area contributed by atoms with Gasteiger partial charge in [-0.2, -0.15) is 13.2 Å². The molecule has 7 heteroatoms. The van der Waals surface area contributed by atoms with Crippen molar-refractivity contribution in [2.24, 2.45) is 0 Å². The van der Waals surface area contributed by atoms with Crippen molar-refractivity contribution in [2.45, 2.75) is 32.6 Å². The quantitative estimate of drug-likeness (QED) is 0.927. The zero-order valence-electron chi connectivity index (χ0n) is 10.4. The highest BCUT2D eigenvalue weighted by Gasteiger charge is 2.34. The lowest BCUT2D eigenvalue weighted by Crippen LogP contribution is -2.21. The van der Waals surface area contributed by atoms with Crippen LogP contribution in [0, 0.1) is 0 Å². The second-order valence-electron chi connectivity index (χ2n) is 4.33. The largest absolute Gasteiger partial charge is 0.459 e. The first-order valence-electron chi connectivity index (χ1n) is 5.72. The molecule has 1 N–H and O–H groups in total. The minimum absolute atomic E-state index is 0.314. The number of nitrogens with zero attached hydrogens (tertiary/aromatic N) is 1. The zero-order chi connectivity index (χ0) is 14.0. The summed E-state index contributed by atoms with van der Waals surface area (Å²) in [6.45, 7) is 4.55. The summed E-state index contributed by atoms with van der Waals surface area (Å²) in [7, 11) is 0. The van der Waals surface area contributed by atoms with Crippen molar-refractivity contribution in [1.82, 2.24) is 10.3 Å². The third kappa shape index (κ3) is 3.57. The highest BCUT2D eigenvalue weighted by molar-refractivity contribution is 7.15. The van der Waals surface area contributed by atoms with Crippen LogP contribution >= 0.6 is 11.3 Å². The van der Waals surface area contributed by atoms with E-state index in [0.717, 1.165) is 0 Å². The Kier molecular flexibility index (Phi) is 3.96. The summed E-state index contributed by atoms with van der Waals surface area (Å²) in [6, 6.07) is 3.72. The van der Waals surface area contributed by atoms with Crippen molar-refractivity contribution < 1.29 is 17.6 Å². The van der Waals surface area contributed by atoms with Gasteiger partial charge in [-0.25, -0.2) is 4.98 Å². The minimum atomic E-state index is -4.41. The normalized spacial score (nSPS) is 12.3. The van der Waals surface area contributed by atoms with E-state index in [9.17, 15) is 13.2 Å². The van der Waals surface area contributed by atoms with E-state index in [4.69, 9.17) is 4.42 Å². The molecule has 0 saturated heterocycles. The van der Waals surface area contributed by atoms with Gasteiger partial charge in [0.2, 0.25) is 0 Å². The maximum absolute atomic E-state index is 12.4. The number of alkyl halides is 3. The summed E-state index contributed by atoms with van der Waals surface area (Å²) in [5, 5.41) is 2.31. The Hall–Kier alpha value is -1.34. The minimum Gasteiger partial charge on any atom is -0.459 e. The molecule has 3 nitrogen and oxygen atoms in total. The Labute approximate surface area is 112 Å². The summed E-state index contributed by atoms with van der Waals surface area (Å²) < 4.78 is 42.8. The van der Waals surface area contributed by atoms with Crippen LogP contribution in [0.4, 0.5) is 13.2 Å². The third-order valence-electron chi connectivity index (χ3n) is 2.34. The average Bonchev–Trinajstić information content (AvgIpc) is 2.94. The van der Waals surface area contributed by atoms with Gasteiger partial charge in [0.15, 0.2) is 5.01 Å². The van der Waals surface area contributed by atoms with Gasteiger partial charge in [0.05, 0.1) is 11.4 Å². The SMILES string of the molecule is CC(C)NCc1ccc(-c2cnc(C(F)(F)F)s2)o1. The van der Waals surface area contributed by atoms with Crippen LogP contribution in [0.25, 0.3) is 10.6 Å². The second-order valence-corrected chi connectivity index (χ2v) is 5.36. The molecule has 0 radical (unpaired) electrons. The van der Waals surface area contributed by atoms with E-state index in [0.29, 0.717) is 40.3 Å². The molecule has 0 unspecified atom stereocenters. The highest BCUT2D eigenvalue weighted by atomic mass is 32.1. The van der Waals surface area contributed by atoms with Crippen molar-refractivity contribution in [3.8, 4) is 10.6 Å². The van der Waals surface area contributed by atoms with E-state index in [2.05, 4.69) is 10.3 Å². The van der Waals surface area contributed by atoms with Gasteiger partial charge in [-0.05, 0) is 12.1 Å². The van der Waals surface area contributed by atoms with E-state index in [-0.39, 0.29) is 0 Å². The molecule has 0 bridgehead atoms. The number of aromatic nitrogens is 1. The van der Waals surface area contributed by atoms with Gasteiger partial charge in [0.25, 0.3) is 0 Å². The number of hydrogen-bond donors (Lipinski definition) is 1. The number of thiazole rings is 1. The van der Waals surface area contributed by atoms with E-state index in [1.807, 2.05) is 13.8 Å². The van der Waals surface area contributed by atoms with Crippen molar-refractivity contribution >= 4 is 11.3 Å².